The third-order valence-corrected chi connectivity index (χ3v) is 3.08. The molecule has 1 atom stereocenters. The van der Waals surface area contributed by atoms with Gasteiger partial charge in [-0.15, -0.1) is 0 Å². The summed E-state index contributed by atoms with van der Waals surface area (Å²) in [5.41, 5.74) is 6.73. The van der Waals surface area contributed by atoms with Crippen molar-refractivity contribution in [2.24, 2.45) is 11.3 Å². The van der Waals surface area contributed by atoms with E-state index in [1.165, 1.54) is 16.7 Å². The van der Waals surface area contributed by atoms with Crippen LogP contribution in [-0.2, 0) is 0 Å². The van der Waals surface area contributed by atoms with Gasteiger partial charge in [0.25, 0.3) is 0 Å². The molecule has 102 valence electrons. The van der Waals surface area contributed by atoms with E-state index in [-0.39, 0.29) is 11.5 Å². The van der Waals surface area contributed by atoms with Crippen LogP contribution in [0.25, 0.3) is 0 Å². The molecule has 0 fully saturated rings. The van der Waals surface area contributed by atoms with Crippen molar-refractivity contribution < 1.29 is 4.74 Å². The molecule has 0 saturated carbocycles. The Morgan fingerprint density at radius 1 is 1.28 bits per heavy atom. The van der Waals surface area contributed by atoms with Crippen LogP contribution >= 0.6 is 0 Å². The maximum atomic E-state index is 5.74. The first-order valence-electron chi connectivity index (χ1n) is 6.39. The molecule has 3 N–H and O–H groups in total. The van der Waals surface area contributed by atoms with Crippen molar-refractivity contribution in [1.29, 1.82) is 0 Å². The number of methoxy groups -OCH3 is 1. The molecule has 3 nitrogen and oxygen atoms in total. The van der Waals surface area contributed by atoms with Crippen molar-refractivity contribution in [3.05, 3.63) is 28.8 Å². The number of nitrogens with two attached hydrogens (primary N) is 1. The summed E-state index contributed by atoms with van der Waals surface area (Å²) < 4.78 is 5.51. The smallest absolute Gasteiger partial charge is 0.124 e. The number of benzene rings is 1. The van der Waals surface area contributed by atoms with Gasteiger partial charge in [-0.05, 0) is 42.9 Å². The topological polar surface area (TPSA) is 47.3 Å². The van der Waals surface area contributed by atoms with Gasteiger partial charge in [-0.2, -0.15) is 0 Å². The maximum Gasteiger partial charge on any atom is 0.124 e. The molecule has 0 radical (unpaired) electrons. The largest absolute Gasteiger partial charge is 0.496 e. The van der Waals surface area contributed by atoms with Crippen LogP contribution in [0.15, 0.2) is 12.1 Å². The van der Waals surface area contributed by atoms with Crippen molar-refractivity contribution in [1.82, 2.24) is 5.43 Å². The minimum Gasteiger partial charge on any atom is -0.496 e. The quantitative estimate of drug-likeness (QED) is 0.637. The summed E-state index contributed by atoms with van der Waals surface area (Å²) in [5, 5.41) is 0. The van der Waals surface area contributed by atoms with E-state index in [1.807, 2.05) is 0 Å². The van der Waals surface area contributed by atoms with Gasteiger partial charge in [0.15, 0.2) is 0 Å². The molecular weight excluding hydrogens is 224 g/mol. The molecule has 0 aliphatic heterocycles. The number of hydrogen-bond acceptors (Lipinski definition) is 3. The summed E-state index contributed by atoms with van der Waals surface area (Å²) in [6.07, 6.45) is 0.962. The number of aryl methyl sites for hydroxylation is 2. The second kappa shape index (κ2) is 5.72. The average Bonchev–Trinajstić information content (AvgIpc) is 2.24. The summed E-state index contributed by atoms with van der Waals surface area (Å²) in [7, 11) is 1.71. The second-order valence-electron chi connectivity index (χ2n) is 6.18. The van der Waals surface area contributed by atoms with Gasteiger partial charge >= 0.3 is 0 Å². The van der Waals surface area contributed by atoms with Crippen LogP contribution < -0.4 is 16.0 Å². The summed E-state index contributed by atoms with van der Waals surface area (Å²) in [6, 6.07) is 4.35. The van der Waals surface area contributed by atoms with Gasteiger partial charge in [0, 0.05) is 5.56 Å². The fourth-order valence-corrected chi connectivity index (χ4v) is 2.41. The van der Waals surface area contributed by atoms with E-state index in [0.717, 1.165) is 12.2 Å². The van der Waals surface area contributed by atoms with Gasteiger partial charge in [0.1, 0.15) is 5.75 Å². The minimum atomic E-state index is 0.112. The molecule has 0 bridgehead atoms. The number of hydrazine groups is 1. The van der Waals surface area contributed by atoms with E-state index in [2.05, 4.69) is 52.2 Å². The SMILES string of the molecule is COc1cc(C)cc(C)c1C(CC(C)(C)C)NN. The van der Waals surface area contributed by atoms with Crippen LogP contribution in [0.3, 0.4) is 0 Å². The Morgan fingerprint density at radius 2 is 1.89 bits per heavy atom. The molecular formula is C15H26N2O. The first kappa shape index (κ1) is 15.0. The first-order chi connectivity index (χ1) is 8.28. The first-order valence-corrected chi connectivity index (χ1v) is 6.39. The van der Waals surface area contributed by atoms with Gasteiger partial charge < -0.3 is 4.74 Å². The van der Waals surface area contributed by atoms with E-state index in [1.54, 1.807) is 7.11 Å². The molecule has 3 heteroatoms. The van der Waals surface area contributed by atoms with E-state index in [9.17, 15) is 0 Å². The van der Waals surface area contributed by atoms with Crippen LogP contribution in [0.5, 0.6) is 5.75 Å². The second-order valence-corrected chi connectivity index (χ2v) is 6.18. The molecule has 0 aromatic heterocycles. The lowest BCUT2D eigenvalue weighted by molar-refractivity contribution is 0.305. The summed E-state index contributed by atoms with van der Waals surface area (Å²) >= 11 is 0. The third-order valence-electron chi connectivity index (χ3n) is 3.08. The number of nitrogens with one attached hydrogen (secondary N) is 1. The summed E-state index contributed by atoms with van der Waals surface area (Å²) in [6.45, 7) is 10.8. The predicted molar refractivity (Wildman–Crippen MR) is 76.6 cm³/mol. The molecule has 0 heterocycles. The van der Waals surface area contributed by atoms with Gasteiger partial charge in [-0.3, -0.25) is 11.3 Å². The molecule has 0 aliphatic carbocycles. The molecule has 1 aromatic carbocycles. The summed E-state index contributed by atoms with van der Waals surface area (Å²) in [5.74, 6) is 6.65. The van der Waals surface area contributed by atoms with Crippen molar-refractivity contribution in [2.45, 2.75) is 47.1 Å². The minimum absolute atomic E-state index is 0.112. The normalized spacial score (nSPS) is 13.5. The monoisotopic (exact) mass is 250 g/mol. The molecule has 0 spiro atoms. The van der Waals surface area contributed by atoms with Crippen molar-refractivity contribution in [3.8, 4) is 5.75 Å². The Morgan fingerprint density at radius 3 is 2.33 bits per heavy atom. The molecule has 1 aromatic rings. The maximum absolute atomic E-state index is 5.74. The molecule has 18 heavy (non-hydrogen) atoms. The van der Waals surface area contributed by atoms with E-state index in [4.69, 9.17) is 10.6 Å². The van der Waals surface area contributed by atoms with Gasteiger partial charge in [-0.1, -0.05) is 26.8 Å². The number of hydrogen-bond donors (Lipinski definition) is 2. The average molecular weight is 250 g/mol. The number of rotatable bonds is 4. The standard InChI is InChI=1S/C15H26N2O/c1-10-7-11(2)14(13(8-10)18-6)12(17-16)9-15(3,4)5/h7-8,12,17H,9,16H2,1-6H3. The highest BCUT2D eigenvalue weighted by molar-refractivity contribution is 5.45. The lowest BCUT2D eigenvalue weighted by Gasteiger charge is -2.28. The fraction of sp³-hybridized carbons (Fsp3) is 0.600. The van der Waals surface area contributed by atoms with Gasteiger partial charge in [-0.25, -0.2) is 0 Å². The highest BCUT2D eigenvalue weighted by Crippen LogP contribution is 2.36. The lowest BCUT2D eigenvalue weighted by atomic mass is 9.84. The van der Waals surface area contributed by atoms with Crippen LogP contribution in [0, 0.1) is 19.3 Å². The van der Waals surface area contributed by atoms with Crippen LogP contribution in [-0.4, -0.2) is 7.11 Å². The molecule has 0 aliphatic rings. The molecule has 0 amide bonds. The van der Waals surface area contributed by atoms with Crippen LogP contribution in [0.2, 0.25) is 0 Å². The highest BCUT2D eigenvalue weighted by atomic mass is 16.5. The van der Waals surface area contributed by atoms with E-state index in [0.29, 0.717) is 0 Å². The molecule has 0 saturated heterocycles. The Bertz CT molecular complexity index is 408. The fourth-order valence-electron chi connectivity index (χ4n) is 2.41. The van der Waals surface area contributed by atoms with Gasteiger partial charge in [0.05, 0.1) is 13.2 Å². The van der Waals surface area contributed by atoms with Crippen molar-refractivity contribution >= 4 is 0 Å². The van der Waals surface area contributed by atoms with Crippen molar-refractivity contribution in [2.75, 3.05) is 7.11 Å². The predicted octanol–water partition coefficient (Wildman–Crippen LogP) is 3.25. The lowest BCUT2D eigenvalue weighted by Crippen LogP contribution is -2.32. The molecule has 1 unspecified atom stereocenters. The van der Waals surface area contributed by atoms with E-state index >= 15 is 0 Å². The third kappa shape index (κ3) is 3.72. The van der Waals surface area contributed by atoms with Crippen LogP contribution in [0.1, 0.15) is 49.9 Å². The Balaban J connectivity index is 3.20. The zero-order valence-electron chi connectivity index (χ0n) is 12.4. The number of ether oxygens (including phenoxy) is 1. The van der Waals surface area contributed by atoms with Gasteiger partial charge in [0.2, 0.25) is 0 Å². The van der Waals surface area contributed by atoms with Crippen LogP contribution in [0.4, 0.5) is 0 Å². The highest BCUT2D eigenvalue weighted by Gasteiger charge is 2.23. The van der Waals surface area contributed by atoms with Crippen molar-refractivity contribution in [3.63, 3.8) is 0 Å². The summed E-state index contributed by atoms with van der Waals surface area (Å²) in [4.78, 5) is 0. The zero-order valence-corrected chi connectivity index (χ0v) is 12.4. The van der Waals surface area contributed by atoms with E-state index < -0.39 is 0 Å². The Kier molecular flexibility index (Phi) is 4.77. The molecule has 1 rings (SSSR count). The Labute approximate surface area is 111 Å². The Hall–Kier alpha value is -1.06. The zero-order chi connectivity index (χ0) is 13.9.